The Balaban J connectivity index is 1.55. The van der Waals surface area contributed by atoms with Crippen LogP contribution < -0.4 is 15.5 Å². The molecule has 1 unspecified atom stereocenters. The van der Waals surface area contributed by atoms with Crippen LogP contribution in [0.3, 0.4) is 0 Å². The van der Waals surface area contributed by atoms with Gasteiger partial charge in [-0.1, -0.05) is 30.3 Å². The van der Waals surface area contributed by atoms with Crippen molar-refractivity contribution in [3.63, 3.8) is 0 Å². The molecule has 0 amide bonds. The van der Waals surface area contributed by atoms with Crippen molar-refractivity contribution >= 4 is 17.2 Å². The molecular formula is C24H27N5O. The number of ether oxygens (including phenoxy) is 1. The monoisotopic (exact) mass is 401 g/mol. The van der Waals surface area contributed by atoms with Crippen molar-refractivity contribution in [2.75, 3.05) is 48.9 Å². The largest absolute Gasteiger partial charge is 0.388 e. The molecule has 30 heavy (non-hydrogen) atoms. The molecule has 2 N–H and O–H groups in total. The van der Waals surface area contributed by atoms with Crippen LogP contribution in [0.15, 0.2) is 73.6 Å². The van der Waals surface area contributed by atoms with Gasteiger partial charge in [0.15, 0.2) is 0 Å². The van der Waals surface area contributed by atoms with Crippen LogP contribution >= 0.6 is 0 Å². The summed E-state index contributed by atoms with van der Waals surface area (Å²) in [7, 11) is 1.91. The molecule has 2 heterocycles. The maximum absolute atomic E-state index is 5.47. The third-order valence-electron chi connectivity index (χ3n) is 5.23. The number of hydrogen-bond donors (Lipinski definition) is 2. The number of nitrogens with one attached hydrogen (secondary N) is 2. The van der Waals surface area contributed by atoms with Gasteiger partial charge in [0, 0.05) is 37.1 Å². The third kappa shape index (κ3) is 4.60. The SMILES string of the molecule is C=CC(Nc1cncc(-c2cccc(N3CCOCC3)c2)n1)c1cccc(NC)c1. The van der Waals surface area contributed by atoms with Crippen LogP contribution in [0.4, 0.5) is 17.2 Å². The molecule has 0 saturated carbocycles. The lowest BCUT2D eigenvalue weighted by Crippen LogP contribution is -2.36. The lowest BCUT2D eigenvalue weighted by atomic mass is 10.1. The number of nitrogens with zero attached hydrogens (tertiary/aromatic N) is 3. The van der Waals surface area contributed by atoms with Crippen molar-refractivity contribution in [3.05, 3.63) is 79.1 Å². The van der Waals surface area contributed by atoms with E-state index >= 15 is 0 Å². The normalized spacial score (nSPS) is 14.8. The first kappa shape index (κ1) is 19.9. The molecule has 1 aliphatic rings. The first-order chi connectivity index (χ1) is 14.8. The van der Waals surface area contributed by atoms with E-state index in [0.29, 0.717) is 5.82 Å². The summed E-state index contributed by atoms with van der Waals surface area (Å²) in [6.07, 6.45) is 5.42. The Morgan fingerprint density at radius 2 is 1.93 bits per heavy atom. The van der Waals surface area contributed by atoms with Gasteiger partial charge in [-0.3, -0.25) is 4.98 Å². The molecule has 1 aliphatic heterocycles. The highest BCUT2D eigenvalue weighted by molar-refractivity contribution is 5.66. The summed E-state index contributed by atoms with van der Waals surface area (Å²) in [4.78, 5) is 11.6. The zero-order valence-corrected chi connectivity index (χ0v) is 17.2. The summed E-state index contributed by atoms with van der Waals surface area (Å²) in [6.45, 7) is 7.33. The molecule has 3 aromatic rings. The highest BCUT2D eigenvalue weighted by Crippen LogP contribution is 2.26. The summed E-state index contributed by atoms with van der Waals surface area (Å²) in [5, 5.41) is 6.61. The van der Waals surface area contributed by atoms with Gasteiger partial charge in [0.05, 0.1) is 37.3 Å². The van der Waals surface area contributed by atoms with Gasteiger partial charge in [0.25, 0.3) is 0 Å². The Morgan fingerprint density at radius 1 is 1.10 bits per heavy atom. The molecule has 0 radical (unpaired) electrons. The average Bonchev–Trinajstić information content (AvgIpc) is 2.83. The van der Waals surface area contributed by atoms with Crippen LogP contribution in [0.2, 0.25) is 0 Å². The fraction of sp³-hybridized carbons (Fsp3) is 0.250. The highest BCUT2D eigenvalue weighted by Gasteiger charge is 2.13. The number of rotatable bonds is 7. The van der Waals surface area contributed by atoms with Gasteiger partial charge in [0.2, 0.25) is 0 Å². The Labute approximate surface area is 177 Å². The summed E-state index contributed by atoms with van der Waals surface area (Å²) in [5.74, 6) is 0.712. The van der Waals surface area contributed by atoms with Crippen molar-refractivity contribution in [1.82, 2.24) is 9.97 Å². The van der Waals surface area contributed by atoms with E-state index in [1.807, 2.05) is 25.3 Å². The second-order valence-electron chi connectivity index (χ2n) is 7.17. The molecule has 4 rings (SSSR count). The molecule has 1 atom stereocenters. The van der Waals surface area contributed by atoms with Crippen LogP contribution in [0.1, 0.15) is 11.6 Å². The first-order valence-corrected chi connectivity index (χ1v) is 10.2. The maximum Gasteiger partial charge on any atom is 0.145 e. The number of benzene rings is 2. The predicted octanol–water partition coefficient (Wildman–Crippen LogP) is 4.36. The van der Waals surface area contributed by atoms with Crippen LogP contribution in [0.25, 0.3) is 11.3 Å². The minimum atomic E-state index is -0.0671. The summed E-state index contributed by atoms with van der Waals surface area (Å²) < 4.78 is 5.47. The van der Waals surface area contributed by atoms with Gasteiger partial charge in [-0.2, -0.15) is 0 Å². The van der Waals surface area contributed by atoms with Gasteiger partial charge in [-0.15, -0.1) is 6.58 Å². The molecule has 2 aromatic carbocycles. The second kappa shape index (κ2) is 9.41. The van der Waals surface area contributed by atoms with Crippen molar-refractivity contribution in [2.45, 2.75) is 6.04 Å². The maximum atomic E-state index is 5.47. The zero-order chi connectivity index (χ0) is 20.8. The van der Waals surface area contributed by atoms with Gasteiger partial charge in [0.1, 0.15) is 5.82 Å². The van der Waals surface area contributed by atoms with E-state index in [1.54, 1.807) is 12.4 Å². The van der Waals surface area contributed by atoms with Gasteiger partial charge < -0.3 is 20.3 Å². The molecule has 0 bridgehead atoms. The molecule has 6 nitrogen and oxygen atoms in total. The van der Waals surface area contributed by atoms with Crippen molar-refractivity contribution in [1.29, 1.82) is 0 Å². The lowest BCUT2D eigenvalue weighted by Gasteiger charge is -2.29. The van der Waals surface area contributed by atoms with Crippen molar-refractivity contribution < 1.29 is 4.74 Å². The molecule has 6 heteroatoms. The summed E-state index contributed by atoms with van der Waals surface area (Å²) in [6, 6.07) is 16.6. The quantitative estimate of drug-likeness (QED) is 0.574. The fourth-order valence-electron chi connectivity index (χ4n) is 3.58. The van der Waals surface area contributed by atoms with E-state index in [4.69, 9.17) is 9.72 Å². The van der Waals surface area contributed by atoms with Crippen molar-refractivity contribution in [2.24, 2.45) is 0 Å². The van der Waals surface area contributed by atoms with Gasteiger partial charge in [-0.05, 0) is 29.8 Å². The number of anilines is 3. The zero-order valence-electron chi connectivity index (χ0n) is 17.2. The molecule has 1 fully saturated rings. The minimum absolute atomic E-state index is 0.0671. The van der Waals surface area contributed by atoms with E-state index in [-0.39, 0.29) is 6.04 Å². The van der Waals surface area contributed by atoms with E-state index in [0.717, 1.165) is 48.8 Å². The van der Waals surface area contributed by atoms with E-state index in [1.165, 1.54) is 5.69 Å². The number of aromatic nitrogens is 2. The Hall–Kier alpha value is -3.38. The van der Waals surface area contributed by atoms with E-state index in [2.05, 4.69) is 63.5 Å². The van der Waals surface area contributed by atoms with Crippen LogP contribution in [-0.4, -0.2) is 43.3 Å². The highest BCUT2D eigenvalue weighted by atomic mass is 16.5. The summed E-state index contributed by atoms with van der Waals surface area (Å²) >= 11 is 0. The van der Waals surface area contributed by atoms with E-state index < -0.39 is 0 Å². The smallest absolute Gasteiger partial charge is 0.145 e. The van der Waals surface area contributed by atoms with Gasteiger partial charge in [-0.25, -0.2) is 4.98 Å². The number of hydrogen-bond acceptors (Lipinski definition) is 6. The van der Waals surface area contributed by atoms with Crippen LogP contribution in [0.5, 0.6) is 0 Å². The molecule has 154 valence electrons. The Kier molecular flexibility index (Phi) is 6.25. The molecule has 0 spiro atoms. The van der Waals surface area contributed by atoms with Crippen LogP contribution in [0, 0.1) is 0 Å². The van der Waals surface area contributed by atoms with Crippen LogP contribution in [-0.2, 0) is 4.74 Å². The third-order valence-corrected chi connectivity index (χ3v) is 5.23. The number of morpholine rings is 1. The molecule has 1 saturated heterocycles. The Bertz CT molecular complexity index is 1000. The fourth-order valence-corrected chi connectivity index (χ4v) is 3.58. The standard InChI is InChI=1S/C24H27N5O/c1-3-22(18-6-4-8-20(14-18)25-2)27-24-17-26-16-23(28-24)19-7-5-9-21(15-19)29-10-12-30-13-11-29/h3-9,14-17,22,25H,1,10-13H2,2H3,(H,27,28). The Morgan fingerprint density at radius 3 is 2.73 bits per heavy atom. The second-order valence-corrected chi connectivity index (χ2v) is 7.17. The first-order valence-electron chi connectivity index (χ1n) is 10.2. The molecular weight excluding hydrogens is 374 g/mol. The summed E-state index contributed by atoms with van der Waals surface area (Å²) in [5.41, 5.74) is 5.23. The van der Waals surface area contributed by atoms with Gasteiger partial charge >= 0.3 is 0 Å². The molecule has 1 aromatic heterocycles. The average molecular weight is 402 g/mol. The topological polar surface area (TPSA) is 62.3 Å². The van der Waals surface area contributed by atoms with E-state index in [9.17, 15) is 0 Å². The van der Waals surface area contributed by atoms with Crippen molar-refractivity contribution in [3.8, 4) is 11.3 Å². The predicted molar refractivity (Wildman–Crippen MR) is 123 cm³/mol. The minimum Gasteiger partial charge on any atom is -0.388 e. The lowest BCUT2D eigenvalue weighted by molar-refractivity contribution is 0.122. The molecule has 0 aliphatic carbocycles.